The molecule has 1 aliphatic heterocycles. The number of carbonyl (C=O) groups excluding carboxylic acids is 1. The lowest BCUT2D eigenvalue weighted by atomic mass is 10.1. The van der Waals surface area contributed by atoms with Gasteiger partial charge in [0.15, 0.2) is 0 Å². The summed E-state index contributed by atoms with van der Waals surface area (Å²) in [7, 11) is 2.01. The Morgan fingerprint density at radius 1 is 1.29 bits per heavy atom. The molecule has 0 bridgehead atoms. The van der Waals surface area contributed by atoms with Gasteiger partial charge in [-0.25, -0.2) is 0 Å². The zero-order valence-corrected chi connectivity index (χ0v) is 12.6. The number of nitrogens with zero attached hydrogens (tertiary/aromatic N) is 2. The molecular formula is C16H24N2O3. The number of carbonyl (C=O) groups is 2. The van der Waals surface area contributed by atoms with E-state index in [-0.39, 0.29) is 18.4 Å². The van der Waals surface area contributed by atoms with Crippen LogP contribution in [0.5, 0.6) is 0 Å². The maximum atomic E-state index is 12.5. The summed E-state index contributed by atoms with van der Waals surface area (Å²) < 4.78 is 2.08. The topological polar surface area (TPSA) is 62.5 Å². The number of amides is 1. The Hall–Kier alpha value is -1.78. The summed E-state index contributed by atoms with van der Waals surface area (Å²) >= 11 is 0. The first-order valence-corrected chi connectivity index (χ1v) is 7.72. The minimum absolute atomic E-state index is 0.0639. The number of aliphatic carboxylic acids is 1. The predicted molar refractivity (Wildman–Crippen MR) is 79.8 cm³/mol. The van der Waals surface area contributed by atoms with Crippen LogP contribution in [0.25, 0.3) is 0 Å². The minimum Gasteiger partial charge on any atom is -0.481 e. The van der Waals surface area contributed by atoms with Crippen LogP contribution in [0.1, 0.15) is 56.7 Å². The molecule has 1 unspecified atom stereocenters. The van der Waals surface area contributed by atoms with Crippen LogP contribution in [-0.4, -0.2) is 33.0 Å². The van der Waals surface area contributed by atoms with E-state index >= 15 is 0 Å². The van der Waals surface area contributed by atoms with Gasteiger partial charge in [-0.15, -0.1) is 0 Å². The van der Waals surface area contributed by atoms with Crippen molar-refractivity contribution in [2.45, 2.75) is 51.0 Å². The second kappa shape index (κ2) is 7.29. The van der Waals surface area contributed by atoms with Gasteiger partial charge in [-0.1, -0.05) is 12.8 Å². The highest BCUT2D eigenvalue weighted by Gasteiger charge is 2.27. The van der Waals surface area contributed by atoms with Crippen molar-refractivity contribution in [2.24, 2.45) is 7.05 Å². The van der Waals surface area contributed by atoms with E-state index < -0.39 is 5.97 Å². The van der Waals surface area contributed by atoms with Crippen molar-refractivity contribution in [3.05, 3.63) is 24.0 Å². The van der Waals surface area contributed by atoms with Gasteiger partial charge in [0.2, 0.25) is 5.91 Å². The summed E-state index contributed by atoms with van der Waals surface area (Å²) in [5.74, 6) is -0.748. The molecule has 0 saturated carbocycles. The summed E-state index contributed by atoms with van der Waals surface area (Å²) in [5, 5.41) is 8.69. The molecule has 1 aromatic heterocycles. The Morgan fingerprint density at radius 2 is 2.10 bits per heavy atom. The molecule has 21 heavy (non-hydrogen) atoms. The first-order chi connectivity index (χ1) is 10.1. The molecule has 1 fully saturated rings. The van der Waals surface area contributed by atoms with Gasteiger partial charge in [0.25, 0.3) is 0 Å². The highest BCUT2D eigenvalue weighted by molar-refractivity contribution is 5.77. The van der Waals surface area contributed by atoms with Gasteiger partial charge >= 0.3 is 5.97 Å². The average molecular weight is 292 g/mol. The molecule has 116 valence electrons. The smallest absolute Gasteiger partial charge is 0.303 e. The van der Waals surface area contributed by atoms with Crippen molar-refractivity contribution in [3.63, 3.8) is 0 Å². The van der Waals surface area contributed by atoms with Crippen molar-refractivity contribution in [1.29, 1.82) is 0 Å². The number of hydrogen-bond donors (Lipinski definition) is 1. The molecule has 0 spiro atoms. The van der Waals surface area contributed by atoms with Crippen LogP contribution < -0.4 is 0 Å². The van der Waals surface area contributed by atoms with E-state index in [1.165, 1.54) is 5.69 Å². The van der Waals surface area contributed by atoms with Crippen LogP contribution in [0.3, 0.4) is 0 Å². The Morgan fingerprint density at radius 3 is 2.76 bits per heavy atom. The number of rotatable bonds is 5. The van der Waals surface area contributed by atoms with Crippen molar-refractivity contribution in [3.8, 4) is 0 Å². The third-order valence-electron chi connectivity index (χ3n) is 4.18. The summed E-state index contributed by atoms with van der Waals surface area (Å²) in [6, 6.07) is 4.21. The quantitative estimate of drug-likeness (QED) is 0.907. The molecular weight excluding hydrogens is 268 g/mol. The first kappa shape index (κ1) is 15.6. The molecule has 2 heterocycles. The molecule has 0 aliphatic carbocycles. The fraction of sp³-hybridized carbons (Fsp3) is 0.625. The van der Waals surface area contributed by atoms with Gasteiger partial charge in [0.05, 0.1) is 6.04 Å². The summed E-state index contributed by atoms with van der Waals surface area (Å²) in [6.45, 7) is 0.780. The summed E-state index contributed by atoms with van der Waals surface area (Å²) in [4.78, 5) is 25.0. The lowest BCUT2D eigenvalue weighted by molar-refractivity contribution is -0.137. The normalized spacial score (nSPS) is 19.3. The molecule has 1 atom stereocenters. The fourth-order valence-electron chi connectivity index (χ4n) is 3.07. The number of carboxylic acids is 1. The lowest BCUT2D eigenvalue weighted by Gasteiger charge is -2.30. The van der Waals surface area contributed by atoms with E-state index in [9.17, 15) is 9.59 Å². The Labute approximate surface area is 125 Å². The van der Waals surface area contributed by atoms with Crippen molar-refractivity contribution < 1.29 is 14.7 Å². The lowest BCUT2D eigenvalue weighted by Crippen LogP contribution is -2.35. The zero-order chi connectivity index (χ0) is 15.2. The van der Waals surface area contributed by atoms with Gasteiger partial charge in [0.1, 0.15) is 0 Å². The van der Waals surface area contributed by atoms with E-state index in [1.54, 1.807) is 0 Å². The van der Waals surface area contributed by atoms with E-state index in [1.807, 2.05) is 24.2 Å². The van der Waals surface area contributed by atoms with E-state index in [2.05, 4.69) is 10.6 Å². The van der Waals surface area contributed by atoms with E-state index in [0.717, 1.165) is 32.2 Å². The number of hydrogen-bond acceptors (Lipinski definition) is 2. The molecule has 2 rings (SSSR count). The van der Waals surface area contributed by atoms with Crippen molar-refractivity contribution >= 4 is 11.9 Å². The minimum atomic E-state index is -0.836. The summed E-state index contributed by atoms with van der Waals surface area (Å²) in [5.41, 5.74) is 1.17. The third-order valence-corrected chi connectivity index (χ3v) is 4.18. The van der Waals surface area contributed by atoms with Crippen LogP contribution in [0, 0.1) is 0 Å². The first-order valence-electron chi connectivity index (χ1n) is 7.72. The molecule has 1 N–H and O–H groups in total. The molecule has 1 aliphatic rings. The predicted octanol–water partition coefficient (Wildman–Crippen LogP) is 2.72. The zero-order valence-electron chi connectivity index (χ0n) is 12.6. The second-order valence-corrected chi connectivity index (χ2v) is 5.74. The number of aryl methyl sites for hydroxylation is 1. The van der Waals surface area contributed by atoms with Crippen molar-refractivity contribution in [1.82, 2.24) is 9.47 Å². The average Bonchev–Trinajstić information content (AvgIpc) is 2.72. The molecule has 1 amide bonds. The van der Waals surface area contributed by atoms with Gasteiger partial charge in [-0.3, -0.25) is 9.59 Å². The molecule has 5 heteroatoms. The van der Waals surface area contributed by atoms with Crippen LogP contribution in [-0.2, 0) is 16.6 Å². The van der Waals surface area contributed by atoms with Gasteiger partial charge < -0.3 is 14.6 Å². The van der Waals surface area contributed by atoms with Crippen LogP contribution >= 0.6 is 0 Å². The molecule has 0 radical (unpaired) electrons. The number of likely N-dealkylation sites (tertiary alicyclic amines) is 1. The number of aromatic nitrogens is 1. The molecule has 1 aromatic rings. The fourth-order valence-corrected chi connectivity index (χ4v) is 3.07. The van der Waals surface area contributed by atoms with Gasteiger partial charge in [-0.2, -0.15) is 0 Å². The summed E-state index contributed by atoms with van der Waals surface area (Å²) in [6.07, 6.45) is 7.13. The standard InChI is InChI=1S/C16H24N2O3/c1-17-11-6-8-13(17)14-7-3-2-4-12-18(14)15(19)9-5-10-16(20)21/h6,8,11,14H,2-5,7,9-10,12H2,1H3,(H,20,21). The van der Waals surface area contributed by atoms with E-state index in [4.69, 9.17) is 5.11 Å². The monoisotopic (exact) mass is 292 g/mol. The maximum absolute atomic E-state index is 12.5. The van der Waals surface area contributed by atoms with Crippen molar-refractivity contribution in [2.75, 3.05) is 6.54 Å². The van der Waals surface area contributed by atoms with Crippen LogP contribution in [0.4, 0.5) is 0 Å². The SMILES string of the molecule is Cn1cccc1C1CCCCCN1C(=O)CCCC(=O)O. The molecule has 0 aromatic carbocycles. The van der Waals surface area contributed by atoms with Crippen LogP contribution in [0.15, 0.2) is 18.3 Å². The van der Waals surface area contributed by atoms with Gasteiger partial charge in [-0.05, 0) is 31.4 Å². The Kier molecular flexibility index (Phi) is 5.42. The molecule has 1 saturated heterocycles. The Bertz CT molecular complexity index is 495. The highest BCUT2D eigenvalue weighted by atomic mass is 16.4. The van der Waals surface area contributed by atoms with Gasteiger partial charge in [0, 0.05) is 38.3 Å². The largest absolute Gasteiger partial charge is 0.481 e. The van der Waals surface area contributed by atoms with E-state index in [0.29, 0.717) is 12.8 Å². The number of carboxylic acid groups (broad SMARTS) is 1. The second-order valence-electron chi connectivity index (χ2n) is 5.74. The third kappa shape index (κ3) is 4.09. The molecule has 5 nitrogen and oxygen atoms in total. The van der Waals surface area contributed by atoms with Crippen LogP contribution in [0.2, 0.25) is 0 Å². The maximum Gasteiger partial charge on any atom is 0.303 e. The Balaban J connectivity index is 2.07. The highest BCUT2D eigenvalue weighted by Crippen LogP contribution is 2.30.